The fraction of sp³-hybridized carbons (Fsp3) is 0.0714. The van der Waals surface area contributed by atoms with Crippen LogP contribution in [0.2, 0.25) is 0 Å². The molecule has 10 aromatic carbocycles. The zero-order valence-electron chi connectivity index (χ0n) is 32.8. The van der Waals surface area contributed by atoms with Crippen molar-refractivity contribution in [2.45, 2.75) is 18.4 Å². The van der Waals surface area contributed by atoms with Gasteiger partial charge in [0.15, 0.2) is 0 Å². The number of ether oxygens (including phenoxy) is 2. The second-order valence-electron chi connectivity index (χ2n) is 15.8. The molecule has 0 amide bonds. The first kappa shape index (κ1) is 35.0. The third-order valence-electron chi connectivity index (χ3n) is 12.4. The first-order chi connectivity index (χ1) is 29.0. The van der Waals surface area contributed by atoms with Crippen LogP contribution in [0.5, 0.6) is 17.2 Å². The van der Waals surface area contributed by atoms with Gasteiger partial charge in [-0.1, -0.05) is 139 Å². The van der Waals surface area contributed by atoms with Crippen molar-refractivity contribution in [1.82, 2.24) is 0 Å². The summed E-state index contributed by atoms with van der Waals surface area (Å²) in [5.74, 6) is 2.21. The number of aliphatic hydroxyl groups excluding tert-OH is 1. The lowest BCUT2D eigenvalue weighted by molar-refractivity contribution is 0.220. The van der Waals surface area contributed by atoms with E-state index in [0.29, 0.717) is 5.75 Å². The Hall–Kier alpha value is -7.20. The van der Waals surface area contributed by atoms with Gasteiger partial charge in [0.1, 0.15) is 23.4 Å². The standard InChI is InChI=1S/C56H40O3/c1-35-11-12-42-30-45(21-13-41(42)29-35)56(52-28-20-36-7-5-6-10-50(36)54(52)51-33-39-8-3-4-9-40(39)34-53(51)56)46-22-14-44-32-49(27-19-43(44)31-46)59-48-25-17-38(18-26-48)55(57)37-15-23-47(58-2)24-16-37/h3-34,55,57H,1-2H3. The molecule has 0 bridgehead atoms. The highest BCUT2D eigenvalue weighted by Gasteiger charge is 2.47. The van der Waals surface area contributed by atoms with Crippen LogP contribution >= 0.6 is 0 Å². The van der Waals surface area contributed by atoms with E-state index in [9.17, 15) is 5.11 Å². The Morgan fingerprint density at radius 3 is 1.66 bits per heavy atom. The second-order valence-corrected chi connectivity index (χ2v) is 15.8. The quantitative estimate of drug-likeness (QED) is 0.176. The van der Waals surface area contributed by atoms with Gasteiger partial charge in [-0.3, -0.25) is 0 Å². The van der Waals surface area contributed by atoms with Crippen molar-refractivity contribution in [1.29, 1.82) is 0 Å². The Kier molecular flexibility index (Phi) is 8.14. The van der Waals surface area contributed by atoms with Gasteiger partial charge in [-0.25, -0.2) is 0 Å². The van der Waals surface area contributed by atoms with Gasteiger partial charge in [0.25, 0.3) is 0 Å². The summed E-state index contributed by atoms with van der Waals surface area (Å²) in [6.45, 7) is 2.16. The maximum absolute atomic E-state index is 11.0. The van der Waals surface area contributed by atoms with Crippen LogP contribution in [0.3, 0.4) is 0 Å². The van der Waals surface area contributed by atoms with Gasteiger partial charge in [-0.15, -0.1) is 0 Å². The van der Waals surface area contributed by atoms with Crippen molar-refractivity contribution in [3.05, 3.63) is 233 Å². The SMILES string of the molecule is COc1ccc(C(O)c2ccc(Oc3ccc4cc(C5(c6ccc7cc(C)ccc7c6)c6cc7ccccc7cc6-c6c5ccc5ccccc65)ccc4c3)cc2)cc1. The van der Waals surface area contributed by atoms with Gasteiger partial charge in [-0.05, 0) is 155 Å². The van der Waals surface area contributed by atoms with E-state index in [1.807, 2.05) is 48.5 Å². The minimum Gasteiger partial charge on any atom is -0.497 e. The molecule has 0 aliphatic heterocycles. The van der Waals surface area contributed by atoms with Crippen LogP contribution in [-0.4, -0.2) is 12.2 Å². The molecule has 0 heterocycles. The van der Waals surface area contributed by atoms with Crippen LogP contribution in [0, 0.1) is 6.92 Å². The molecule has 1 aliphatic rings. The predicted octanol–water partition coefficient (Wildman–Crippen LogP) is 13.9. The maximum Gasteiger partial charge on any atom is 0.128 e. The van der Waals surface area contributed by atoms with E-state index in [2.05, 4.69) is 153 Å². The minimum atomic E-state index is -0.747. The molecule has 1 N–H and O–H groups in total. The number of hydrogen-bond acceptors (Lipinski definition) is 3. The second kappa shape index (κ2) is 13.7. The summed E-state index contributed by atoms with van der Waals surface area (Å²) in [7, 11) is 1.64. The molecule has 0 saturated carbocycles. The van der Waals surface area contributed by atoms with Gasteiger partial charge in [0.2, 0.25) is 0 Å². The molecule has 3 heteroatoms. The molecular formula is C56H40O3. The van der Waals surface area contributed by atoms with Gasteiger partial charge in [-0.2, -0.15) is 0 Å². The van der Waals surface area contributed by atoms with E-state index in [-0.39, 0.29) is 0 Å². The minimum absolute atomic E-state index is 0.584. The molecule has 11 rings (SSSR count). The van der Waals surface area contributed by atoms with E-state index in [1.54, 1.807) is 7.11 Å². The molecule has 282 valence electrons. The van der Waals surface area contributed by atoms with Crippen LogP contribution in [0.1, 0.15) is 45.0 Å². The van der Waals surface area contributed by atoms with Crippen molar-refractivity contribution in [3.63, 3.8) is 0 Å². The van der Waals surface area contributed by atoms with Crippen LogP contribution in [0.15, 0.2) is 194 Å². The van der Waals surface area contributed by atoms with Crippen molar-refractivity contribution in [2.75, 3.05) is 7.11 Å². The average Bonchev–Trinajstić information content (AvgIpc) is 3.58. The number of hydrogen-bond donors (Lipinski definition) is 1. The van der Waals surface area contributed by atoms with Crippen molar-refractivity contribution < 1.29 is 14.6 Å². The predicted molar refractivity (Wildman–Crippen MR) is 242 cm³/mol. The fourth-order valence-electron chi connectivity index (χ4n) is 9.52. The molecule has 0 saturated heterocycles. The summed E-state index contributed by atoms with van der Waals surface area (Å²) in [4.78, 5) is 0. The zero-order chi connectivity index (χ0) is 39.7. The summed E-state index contributed by atoms with van der Waals surface area (Å²) in [5.41, 5.74) is 9.93. The number of rotatable bonds is 7. The summed E-state index contributed by atoms with van der Waals surface area (Å²) in [6, 6.07) is 69.3. The molecule has 10 aromatic rings. The number of benzene rings is 10. The highest BCUT2D eigenvalue weighted by Crippen LogP contribution is 2.59. The fourth-order valence-corrected chi connectivity index (χ4v) is 9.52. The normalized spacial score (nSPS) is 15.0. The number of fused-ring (bicyclic) bond motifs is 8. The maximum atomic E-state index is 11.0. The first-order valence-electron chi connectivity index (χ1n) is 20.2. The zero-order valence-corrected chi connectivity index (χ0v) is 32.8. The van der Waals surface area contributed by atoms with Gasteiger partial charge >= 0.3 is 0 Å². The van der Waals surface area contributed by atoms with E-state index in [0.717, 1.165) is 33.4 Å². The highest BCUT2D eigenvalue weighted by molar-refractivity contribution is 6.07. The largest absolute Gasteiger partial charge is 0.497 e. The molecule has 2 atom stereocenters. The van der Waals surface area contributed by atoms with Gasteiger partial charge < -0.3 is 14.6 Å². The van der Waals surface area contributed by atoms with Crippen LogP contribution < -0.4 is 9.47 Å². The monoisotopic (exact) mass is 760 g/mol. The molecule has 1 aliphatic carbocycles. The van der Waals surface area contributed by atoms with Gasteiger partial charge in [0, 0.05) is 0 Å². The third kappa shape index (κ3) is 5.69. The average molecular weight is 761 g/mol. The number of aliphatic hydroxyl groups is 1. The van der Waals surface area contributed by atoms with Gasteiger partial charge in [0.05, 0.1) is 12.5 Å². The van der Waals surface area contributed by atoms with Crippen LogP contribution in [0.25, 0.3) is 54.2 Å². The molecule has 2 unspecified atom stereocenters. The lowest BCUT2D eigenvalue weighted by atomic mass is 9.67. The Labute approximate surface area is 343 Å². The number of methoxy groups -OCH3 is 1. The lowest BCUT2D eigenvalue weighted by Gasteiger charge is -2.34. The molecule has 0 aromatic heterocycles. The van der Waals surface area contributed by atoms with E-state index >= 15 is 0 Å². The van der Waals surface area contributed by atoms with E-state index in [1.165, 1.54) is 71.3 Å². The van der Waals surface area contributed by atoms with E-state index in [4.69, 9.17) is 9.47 Å². The Bertz CT molecular complexity index is 3250. The summed E-state index contributed by atoms with van der Waals surface area (Å²) in [5, 5.41) is 20.7. The molecular weight excluding hydrogens is 721 g/mol. The molecule has 59 heavy (non-hydrogen) atoms. The van der Waals surface area contributed by atoms with Crippen molar-refractivity contribution in [2.24, 2.45) is 0 Å². The summed E-state index contributed by atoms with van der Waals surface area (Å²) < 4.78 is 11.7. The summed E-state index contributed by atoms with van der Waals surface area (Å²) in [6.07, 6.45) is -0.747. The summed E-state index contributed by atoms with van der Waals surface area (Å²) >= 11 is 0. The first-order valence-corrected chi connectivity index (χ1v) is 20.2. The number of aryl methyl sites for hydroxylation is 1. The Morgan fingerprint density at radius 2 is 0.966 bits per heavy atom. The Balaban J connectivity index is 1.04. The third-order valence-corrected chi connectivity index (χ3v) is 12.4. The molecule has 0 fully saturated rings. The lowest BCUT2D eigenvalue weighted by Crippen LogP contribution is -2.28. The van der Waals surface area contributed by atoms with Crippen LogP contribution in [-0.2, 0) is 5.41 Å². The van der Waals surface area contributed by atoms with Crippen molar-refractivity contribution in [3.8, 4) is 28.4 Å². The highest BCUT2D eigenvalue weighted by atomic mass is 16.5. The van der Waals surface area contributed by atoms with Crippen molar-refractivity contribution >= 4 is 43.1 Å². The molecule has 3 nitrogen and oxygen atoms in total. The topological polar surface area (TPSA) is 38.7 Å². The smallest absolute Gasteiger partial charge is 0.128 e. The van der Waals surface area contributed by atoms with E-state index < -0.39 is 11.5 Å². The molecule has 0 spiro atoms. The Morgan fingerprint density at radius 1 is 0.441 bits per heavy atom. The molecule has 0 radical (unpaired) electrons. The van der Waals surface area contributed by atoms with Crippen LogP contribution in [0.4, 0.5) is 0 Å².